The fourth-order valence-electron chi connectivity index (χ4n) is 4.85. The van der Waals surface area contributed by atoms with Gasteiger partial charge >= 0.3 is 0 Å². The van der Waals surface area contributed by atoms with Crippen molar-refractivity contribution in [2.75, 3.05) is 24.6 Å². The van der Waals surface area contributed by atoms with Gasteiger partial charge in [0, 0.05) is 7.26 Å². The van der Waals surface area contributed by atoms with Crippen LogP contribution in [0.15, 0.2) is 0 Å². The van der Waals surface area contributed by atoms with Gasteiger partial charge in [0.1, 0.15) is 0 Å². The molecule has 0 saturated heterocycles. The lowest BCUT2D eigenvalue weighted by Crippen LogP contribution is -3.00. The Labute approximate surface area is 200 Å². The van der Waals surface area contributed by atoms with Gasteiger partial charge < -0.3 is 12.4 Å². The van der Waals surface area contributed by atoms with Crippen LogP contribution in [0.25, 0.3) is 0 Å². The van der Waals surface area contributed by atoms with Gasteiger partial charge in [-0.15, -0.1) is 0 Å². The van der Waals surface area contributed by atoms with Gasteiger partial charge in [0.15, 0.2) is 0 Å². The Morgan fingerprint density at radius 2 is 0.567 bits per heavy atom. The summed E-state index contributed by atoms with van der Waals surface area (Å²) < 4.78 is 0. The molecule has 0 fully saturated rings. The number of rotatable bonds is 24. The van der Waals surface area contributed by atoms with E-state index in [9.17, 15) is 0 Å². The summed E-state index contributed by atoms with van der Waals surface area (Å²) in [5.74, 6) is 0. The number of hydrogen-bond acceptors (Lipinski definition) is 0. The fourth-order valence-corrected chi connectivity index (χ4v) is 8.03. The molecule has 0 aromatic rings. The van der Waals surface area contributed by atoms with E-state index in [4.69, 9.17) is 0 Å². The lowest BCUT2D eigenvalue weighted by Gasteiger charge is -2.23. The van der Waals surface area contributed by atoms with Crippen molar-refractivity contribution < 1.29 is 12.4 Å². The predicted octanol–water partition coefficient (Wildman–Crippen LogP) is 7.89. The predicted molar refractivity (Wildman–Crippen MR) is 141 cm³/mol. The summed E-state index contributed by atoms with van der Waals surface area (Å²) in [5, 5.41) is 0. The van der Waals surface area contributed by atoms with Crippen molar-refractivity contribution in [1.82, 2.24) is 0 Å². The van der Waals surface area contributed by atoms with E-state index < -0.39 is 7.26 Å². The van der Waals surface area contributed by atoms with Crippen LogP contribution >= 0.6 is 7.26 Å². The quantitative estimate of drug-likeness (QED) is 0.101. The van der Waals surface area contributed by atoms with Gasteiger partial charge in [-0.3, -0.25) is 0 Å². The third-order valence-electron chi connectivity index (χ3n) is 7.50. The minimum absolute atomic E-state index is 0. The van der Waals surface area contributed by atoms with Crippen molar-refractivity contribution in [2.45, 2.75) is 156 Å². The van der Waals surface area contributed by atoms with Crippen molar-refractivity contribution >= 4 is 7.26 Å². The molecule has 0 aromatic carbocycles. The maximum atomic E-state index is 2.44. The smallest absolute Gasteiger partial charge is 0.0594 e. The third kappa shape index (κ3) is 20.6. The second-order valence-electron chi connectivity index (χ2n) is 9.73. The molecule has 184 valence electrons. The van der Waals surface area contributed by atoms with E-state index in [1.807, 2.05) is 0 Å². The number of halogens is 1. The van der Waals surface area contributed by atoms with Crippen LogP contribution < -0.4 is 12.4 Å². The van der Waals surface area contributed by atoms with Crippen molar-refractivity contribution in [3.05, 3.63) is 0 Å². The SMILES string of the molecule is CCCCCCCCCCCCCCCCCCCCCC[P+](CC)(CC)CC.[Cl-]. The van der Waals surface area contributed by atoms with Gasteiger partial charge in [0.05, 0.1) is 24.6 Å². The largest absolute Gasteiger partial charge is 1.00 e. The first-order valence-electron chi connectivity index (χ1n) is 14.1. The van der Waals surface area contributed by atoms with Gasteiger partial charge in [0.25, 0.3) is 0 Å². The summed E-state index contributed by atoms with van der Waals surface area (Å²) in [4.78, 5) is 0. The van der Waals surface area contributed by atoms with E-state index in [0.717, 1.165) is 0 Å². The van der Waals surface area contributed by atoms with E-state index in [1.165, 1.54) is 147 Å². The van der Waals surface area contributed by atoms with E-state index in [0.29, 0.717) is 0 Å². The molecule has 0 heterocycles. The Morgan fingerprint density at radius 1 is 0.333 bits per heavy atom. The molecule has 30 heavy (non-hydrogen) atoms. The summed E-state index contributed by atoms with van der Waals surface area (Å²) >= 11 is 0. The average Bonchev–Trinajstić information content (AvgIpc) is 2.75. The van der Waals surface area contributed by atoms with Crippen LogP contribution in [0.5, 0.6) is 0 Å². The third-order valence-corrected chi connectivity index (χ3v) is 12.8. The lowest BCUT2D eigenvalue weighted by molar-refractivity contribution is -0.00000663. The minimum Gasteiger partial charge on any atom is -1.00 e. The normalized spacial score (nSPS) is 11.6. The highest BCUT2D eigenvalue weighted by molar-refractivity contribution is 7.75. The topological polar surface area (TPSA) is 0 Å². The Morgan fingerprint density at radius 3 is 0.800 bits per heavy atom. The molecule has 0 bridgehead atoms. The first-order valence-corrected chi connectivity index (χ1v) is 16.6. The Kier molecular flexibility index (Phi) is 28.5. The highest BCUT2D eigenvalue weighted by atomic mass is 35.5. The van der Waals surface area contributed by atoms with Crippen LogP contribution in [0, 0.1) is 0 Å². The van der Waals surface area contributed by atoms with Crippen LogP contribution in [-0.2, 0) is 0 Å². The van der Waals surface area contributed by atoms with Gasteiger partial charge in [-0.1, -0.05) is 122 Å². The Balaban J connectivity index is 0. The summed E-state index contributed by atoms with van der Waals surface area (Å²) in [6.45, 7) is 9.63. The zero-order valence-corrected chi connectivity index (χ0v) is 23.4. The summed E-state index contributed by atoms with van der Waals surface area (Å²) in [5.41, 5.74) is 0. The fraction of sp³-hybridized carbons (Fsp3) is 1.00. The van der Waals surface area contributed by atoms with Crippen LogP contribution in [0.3, 0.4) is 0 Å². The maximum Gasteiger partial charge on any atom is 0.0594 e. The molecule has 0 rings (SSSR count). The van der Waals surface area contributed by atoms with E-state index in [2.05, 4.69) is 27.7 Å². The van der Waals surface area contributed by atoms with Gasteiger partial charge in [-0.2, -0.15) is 0 Å². The highest BCUT2D eigenvalue weighted by Gasteiger charge is 2.29. The molecular formula is C28H60ClP. The standard InChI is InChI=1S/C28H60P.ClH/c1-5-9-10-11-12-13-14-15-16-17-18-19-20-21-22-23-24-25-26-27-28-29(6-2,7-3)8-4;/h5-28H2,1-4H3;1H/q+1;/p-1. The Hall–Kier alpha value is 0.720. The molecule has 0 N–H and O–H groups in total. The Bertz CT molecular complexity index is 293. The van der Waals surface area contributed by atoms with E-state index >= 15 is 0 Å². The van der Waals surface area contributed by atoms with Crippen molar-refractivity contribution in [2.24, 2.45) is 0 Å². The molecule has 2 heteroatoms. The van der Waals surface area contributed by atoms with Crippen molar-refractivity contribution in [1.29, 1.82) is 0 Å². The summed E-state index contributed by atoms with van der Waals surface area (Å²) in [6, 6.07) is 0. The zero-order valence-electron chi connectivity index (χ0n) is 21.8. The van der Waals surface area contributed by atoms with Crippen molar-refractivity contribution in [3.63, 3.8) is 0 Å². The molecule has 0 nitrogen and oxygen atoms in total. The molecule has 0 unspecified atom stereocenters. The minimum atomic E-state index is -0.533. The molecule has 0 aliphatic rings. The van der Waals surface area contributed by atoms with E-state index in [1.54, 1.807) is 6.16 Å². The molecular weight excluding hydrogens is 403 g/mol. The van der Waals surface area contributed by atoms with Gasteiger partial charge in [0.2, 0.25) is 0 Å². The zero-order chi connectivity index (χ0) is 21.5. The second kappa shape index (κ2) is 26.0. The number of hydrogen-bond donors (Lipinski definition) is 0. The highest BCUT2D eigenvalue weighted by Crippen LogP contribution is 2.58. The molecule has 0 radical (unpaired) electrons. The van der Waals surface area contributed by atoms with Crippen LogP contribution in [-0.4, -0.2) is 24.6 Å². The maximum absolute atomic E-state index is 2.44. The van der Waals surface area contributed by atoms with Gasteiger partial charge in [-0.25, -0.2) is 0 Å². The summed E-state index contributed by atoms with van der Waals surface area (Å²) in [7, 11) is -0.533. The van der Waals surface area contributed by atoms with Crippen LogP contribution in [0.4, 0.5) is 0 Å². The second-order valence-corrected chi connectivity index (χ2v) is 14.8. The van der Waals surface area contributed by atoms with E-state index in [-0.39, 0.29) is 12.4 Å². The molecule has 0 saturated carbocycles. The first kappa shape index (κ1) is 32.9. The molecule has 0 aliphatic heterocycles. The molecule has 0 spiro atoms. The summed E-state index contributed by atoms with van der Waals surface area (Å²) in [6.07, 6.45) is 35.7. The molecule has 0 amide bonds. The van der Waals surface area contributed by atoms with Crippen LogP contribution in [0.2, 0.25) is 0 Å². The lowest BCUT2D eigenvalue weighted by atomic mass is 10.0. The monoisotopic (exact) mass is 462 g/mol. The first-order chi connectivity index (χ1) is 14.2. The molecule has 0 aromatic heterocycles. The van der Waals surface area contributed by atoms with Crippen molar-refractivity contribution in [3.8, 4) is 0 Å². The number of unbranched alkanes of at least 4 members (excludes halogenated alkanes) is 19. The van der Waals surface area contributed by atoms with Crippen LogP contribution in [0.1, 0.15) is 156 Å². The molecule has 0 atom stereocenters. The average molecular weight is 463 g/mol. The molecule has 0 aliphatic carbocycles. The van der Waals surface area contributed by atoms with Gasteiger partial charge in [-0.05, 0) is 33.6 Å².